The van der Waals surface area contributed by atoms with Crippen LogP contribution in [0.2, 0.25) is 0 Å². The Morgan fingerprint density at radius 3 is 2.58 bits per heavy atom. The van der Waals surface area contributed by atoms with Crippen LogP contribution in [0.1, 0.15) is 26.7 Å². The molecule has 0 aliphatic heterocycles. The molecule has 5 heteroatoms. The number of carbonyl (C=O) groups excluding carboxylic acids is 1. The Bertz CT molecular complexity index is 408. The number of hydrogen-bond acceptors (Lipinski definition) is 3. The summed E-state index contributed by atoms with van der Waals surface area (Å²) in [4.78, 5) is 11.7. The zero-order chi connectivity index (χ0) is 14.3. The predicted octanol–water partition coefficient (Wildman–Crippen LogP) is 1.87. The highest BCUT2D eigenvalue weighted by Gasteiger charge is 2.23. The highest BCUT2D eigenvalue weighted by atomic mass is 19.1. The van der Waals surface area contributed by atoms with E-state index in [1.165, 1.54) is 24.3 Å². The molecule has 1 amide bonds. The fourth-order valence-corrected chi connectivity index (χ4v) is 1.63. The van der Waals surface area contributed by atoms with Crippen molar-refractivity contribution in [2.75, 3.05) is 13.2 Å². The molecule has 0 spiro atoms. The number of amides is 1. The summed E-state index contributed by atoms with van der Waals surface area (Å²) in [5, 5.41) is 11.8. The summed E-state index contributed by atoms with van der Waals surface area (Å²) < 4.78 is 17.9. The van der Waals surface area contributed by atoms with Crippen LogP contribution in [0, 0.1) is 5.82 Å². The highest BCUT2D eigenvalue weighted by Crippen LogP contribution is 2.14. The van der Waals surface area contributed by atoms with Crippen molar-refractivity contribution >= 4 is 5.91 Å². The second-order valence-corrected chi connectivity index (χ2v) is 4.68. The molecule has 2 N–H and O–H groups in total. The topological polar surface area (TPSA) is 58.6 Å². The Morgan fingerprint density at radius 1 is 1.42 bits per heavy atom. The lowest BCUT2D eigenvalue weighted by atomic mass is 9.95. The van der Waals surface area contributed by atoms with Gasteiger partial charge in [-0.25, -0.2) is 4.39 Å². The minimum absolute atomic E-state index is 0.0173. The van der Waals surface area contributed by atoms with Crippen molar-refractivity contribution in [1.82, 2.24) is 5.32 Å². The van der Waals surface area contributed by atoms with E-state index in [0.29, 0.717) is 12.2 Å². The molecule has 1 aromatic rings. The lowest BCUT2D eigenvalue weighted by Crippen LogP contribution is -2.47. The molecular formula is C14H20FNO3. The summed E-state index contributed by atoms with van der Waals surface area (Å²) in [7, 11) is 0. The van der Waals surface area contributed by atoms with E-state index in [1.807, 2.05) is 13.8 Å². The molecular weight excluding hydrogens is 249 g/mol. The molecule has 0 aliphatic carbocycles. The molecule has 4 nitrogen and oxygen atoms in total. The third-order valence-corrected chi connectivity index (χ3v) is 3.07. The highest BCUT2D eigenvalue weighted by molar-refractivity contribution is 5.78. The second-order valence-electron chi connectivity index (χ2n) is 4.68. The number of aliphatic hydroxyl groups is 1. The first kappa shape index (κ1) is 15.4. The predicted molar refractivity (Wildman–Crippen MR) is 70.4 cm³/mol. The van der Waals surface area contributed by atoms with Gasteiger partial charge in [-0.3, -0.25) is 4.79 Å². The summed E-state index contributed by atoms with van der Waals surface area (Å²) in [5.41, 5.74) is -0.433. The van der Waals surface area contributed by atoms with Gasteiger partial charge in [-0.15, -0.1) is 0 Å². The Morgan fingerprint density at radius 2 is 2.05 bits per heavy atom. The Hall–Kier alpha value is -1.62. The van der Waals surface area contributed by atoms with Gasteiger partial charge >= 0.3 is 0 Å². The number of carbonyl (C=O) groups is 1. The summed E-state index contributed by atoms with van der Waals surface area (Å²) >= 11 is 0. The summed E-state index contributed by atoms with van der Waals surface area (Å²) in [6, 6.07) is 5.48. The molecule has 1 rings (SSSR count). The Balaban J connectivity index is 2.45. The van der Waals surface area contributed by atoms with Crippen LogP contribution < -0.4 is 10.1 Å². The summed E-state index contributed by atoms with van der Waals surface area (Å²) in [6.45, 7) is 3.70. The van der Waals surface area contributed by atoms with Crippen molar-refractivity contribution in [2.24, 2.45) is 0 Å². The maximum atomic E-state index is 12.7. The lowest BCUT2D eigenvalue weighted by Gasteiger charge is -2.28. The molecule has 19 heavy (non-hydrogen) atoms. The van der Waals surface area contributed by atoms with Gasteiger partial charge in [0.2, 0.25) is 0 Å². The van der Waals surface area contributed by atoms with Crippen molar-refractivity contribution in [1.29, 1.82) is 0 Å². The molecule has 0 aliphatic rings. The fraction of sp³-hybridized carbons (Fsp3) is 0.500. The van der Waals surface area contributed by atoms with Crippen LogP contribution in [0.15, 0.2) is 24.3 Å². The first-order valence-corrected chi connectivity index (χ1v) is 6.29. The van der Waals surface area contributed by atoms with Crippen LogP contribution in [-0.2, 0) is 4.79 Å². The standard InChI is InChI=1S/C14H20FNO3/c1-3-14(2,8-9-17)16-13(18)10-19-12-6-4-11(15)5-7-12/h4-7,17H,3,8-10H2,1-2H3,(H,16,18). The van der Waals surface area contributed by atoms with Gasteiger partial charge in [0.15, 0.2) is 6.61 Å². The maximum Gasteiger partial charge on any atom is 0.258 e. The number of halogens is 1. The van der Waals surface area contributed by atoms with E-state index >= 15 is 0 Å². The smallest absolute Gasteiger partial charge is 0.258 e. The zero-order valence-corrected chi connectivity index (χ0v) is 11.3. The van der Waals surface area contributed by atoms with Gasteiger partial charge in [0.25, 0.3) is 5.91 Å². The van der Waals surface area contributed by atoms with Gasteiger partial charge in [-0.05, 0) is 44.0 Å². The Labute approximate surface area is 112 Å². The number of hydrogen-bond donors (Lipinski definition) is 2. The Kier molecular flexibility index (Phi) is 5.76. The van der Waals surface area contributed by atoms with Crippen LogP contribution in [0.5, 0.6) is 5.75 Å². The molecule has 0 saturated heterocycles. The lowest BCUT2D eigenvalue weighted by molar-refractivity contribution is -0.125. The molecule has 0 radical (unpaired) electrons. The molecule has 1 aromatic carbocycles. The molecule has 1 atom stereocenters. The number of rotatable bonds is 7. The molecule has 0 fully saturated rings. The quantitative estimate of drug-likeness (QED) is 0.794. The van der Waals surface area contributed by atoms with Crippen LogP contribution in [0.25, 0.3) is 0 Å². The molecule has 106 valence electrons. The SMILES string of the molecule is CCC(C)(CCO)NC(=O)COc1ccc(F)cc1. The van der Waals surface area contributed by atoms with Crippen molar-refractivity contribution in [3.63, 3.8) is 0 Å². The molecule has 0 heterocycles. The molecule has 0 saturated carbocycles. The average Bonchev–Trinajstić information content (AvgIpc) is 2.38. The average molecular weight is 269 g/mol. The molecule has 1 unspecified atom stereocenters. The van der Waals surface area contributed by atoms with Crippen molar-refractivity contribution in [2.45, 2.75) is 32.2 Å². The summed E-state index contributed by atoms with van der Waals surface area (Å²) in [6.07, 6.45) is 1.21. The van der Waals surface area contributed by atoms with Gasteiger partial charge in [0.1, 0.15) is 11.6 Å². The first-order chi connectivity index (χ1) is 8.99. The normalized spacial score (nSPS) is 13.7. The van der Waals surface area contributed by atoms with Gasteiger partial charge < -0.3 is 15.2 Å². The number of benzene rings is 1. The third-order valence-electron chi connectivity index (χ3n) is 3.07. The monoisotopic (exact) mass is 269 g/mol. The minimum atomic E-state index is -0.433. The molecule has 0 bridgehead atoms. The molecule has 0 aromatic heterocycles. The zero-order valence-electron chi connectivity index (χ0n) is 11.3. The maximum absolute atomic E-state index is 12.7. The van der Waals surface area contributed by atoms with Gasteiger partial charge in [0.05, 0.1) is 0 Å². The second kappa shape index (κ2) is 7.09. The summed E-state index contributed by atoms with van der Waals surface area (Å²) in [5.74, 6) is -0.169. The van der Waals surface area contributed by atoms with Gasteiger partial charge in [-0.2, -0.15) is 0 Å². The fourth-order valence-electron chi connectivity index (χ4n) is 1.63. The van der Waals surface area contributed by atoms with Crippen molar-refractivity contribution < 1.29 is 19.0 Å². The van der Waals surface area contributed by atoms with E-state index in [-0.39, 0.29) is 24.9 Å². The van der Waals surface area contributed by atoms with Crippen LogP contribution in [0.4, 0.5) is 4.39 Å². The van der Waals surface area contributed by atoms with E-state index in [0.717, 1.165) is 6.42 Å². The largest absolute Gasteiger partial charge is 0.484 e. The van der Waals surface area contributed by atoms with Crippen LogP contribution in [-0.4, -0.2) is 29.8 Å². The van der Waals surface area contributed by atoms with Crippen LogP contribution in [0.3, 0.4) is 0 Å². The minimum Gasteiger partial charge on any atom is -0.484 e. The number of aliphatic hydroxyl groups excluding tert-OH is 1. The van der Waals surface area contributed by atoms with E-state index < -0.39 is 5.54 Å². The first-order valence-electron chi connectivity index (χ1n) is 6.29. The van der Waals surface area contributed by atoms with E-state index in [9.17, 15) is 9.18 Å². The van der Waals surface area contributed by atoms with E-state index in [1.54, 1.807) is 0 Å². The number of ether oxygens (including phenoxy) is 1. The third kappa shape index (κ3) is 5.26. The van der Waals surface area contributed by atoms with Gasteiger partial charge in [0, 0.05) is 12.1 Å². The van der Waals surface area contributed by atoms with Gasteiger partial charge in [-0.1, -0.05) is 6.92 Å². The van der Waals surface area contributed by atoms with Crippen molar-refractivity contribution in [3.05, 3.63) is 30.1 Å². The van der Waals surface area contributed by atoms with E-state index in [2.05, 4.69) is 5.32 Å². The number of nitrogens with one attached hydrogen (secondary N) is 1. The van der Waals surface area contributed by atoms with E-state index in [4.69, 9.17) is 9.84 Å². The van der Waals surface area contributed by atoms with Crippen molar-refractivity contribution in [3.8, 4) is 5.75 Å². The van der Waals surface area contributed by atoms with Crippen LogP contribution >= 0.6 is 0 Å².